The average molecular weight is 326 g/mol. The van der Waals surface area contributed by atoms with Gasteiger partial charge in [-0.1, -0.05) is 36.7 Å². The van der Waals surface area contributed by atoms with Crippen molar-refractivity contribution in [2.75, 3.05) is 12.8 Å². The SMILES string of the molecule is CCCNC(Cc1ccc(Cl)s1)c1ccccc1SC. The van der Waals surface area contributed by atoms with Crippen LogP contribution in [0.2, 0.25) is 4.34 Å². The molecule has 0 aliphatic heterocycles. The van der Waals surface area contributed by atoms with E-state index in [1.54, 1.807) is 11.3 Å². The number of halogens is 1. The molecule has 20 heavy (non-hydrogen) atoms. The van der Waals surface area contributed by atoms with Crippen LogP contribution in [0.3, 0.4) is 0 Å². The monoisotopic (exact) mass is 325 g/mol. The maximum atomic E-state index is 6.05. The Hall–Kier alpha value is -0.480. The summed E-state index contributed by atoms with van der Waals surface area (Å²) in [6, 6.07) is 13.1. The molecule has 1 aromatic carbocycles. The van der Waals surface area contributed by atoms with Gasteiger partial charge in [0, 0.05) is 22.2 Å². The van der Waals surface area contributed by atoms with Gasteiger partial charge in [-0.05, 0) is 43.0 Å². The lowest BCUT2D eigenvalue weighted by Gasteiger charge is -2.20. The standard InChI is InChI=1S/C16H20ClNS2/c1-3-10-18-14(11-12-8-9-16(17)20-12)13-6-4-5-7-15(13)19-2/h4-9,14,18H,3,10-11H2,1-2H3. The van der Waals surface area contributed by atoms with Gasteiger partial charge in [-0.3, -0.25) is 0 Å². The Morgan fingerprint density at radius 1 is 1.25 bits per heavy atom. The van der Waals surface area contributed by atoms with Crippen molar-refractivity contribution < 1.29 is 0 Å². The van der Waals surface area contributed by atoms with Crippen molar-refractivity contribution in [3.8, 4) is 0 Å². The molecule has 1 aromatic heterocycles. The van der Waals surface area contributed by atoms with E-state index in [0.29, 0.717) is 6.04 Å². The lowest BCUT2D eigenvalue weighted by Crippen LogP contribution is -2.24. The first-order chi connectivity index (χ1) is 9.74. The van der Waals surface area contributed by atoms with E-state index in [0.717, 1.165) is 23.7 Å². The molecule has 0 aliphatic rings. The summed E-state index contributed by atoms with van der Waals surface area (Å²) in [5, 5.41) is 3.67. The number of thiophene rings is 1. The highest BCUT2D eigenvalue weighted by Crippen LogP contribution is 2.31. The molecule has 1 N–H and O–H groups in total. The molecule has 0 amide bonds. The fourth-order valence-electron chi connectivity index (χ4n) is 2.23. The zero-order valence-corrected chi connectivity index (χ0v) is 14.2. The number of rotatable bonds is 7. The van der Waals surface area contributed by atoms with Crippen LogP contribution >= 0.6 is 34.7 Å². The maximum Gasteiger partial charge on any atom is 0.0931 e. The summed E-state index contributed by atoms with van der Waals surface area (Å²) >= 11 is 9.53. The molecule has 1 atom stereocenters. The molecule has 4 heteroatoms. The highest BCUT2D eigenvalue weighted by molar-refractivity contribution is 7.98. The van der Waals surface area contributed by atoms with Gasteiger partial charge in [0.05, 0.1) is 4.34 Å². The van der Waals surface area contributed by atoms with Crippen molar-refractivity contribution in [3.05, 3.63) is 51.2 Å². The Morgan fingerprint density at radius 3 is 2.70 bits per heavy atom. The molecule has 0 bridgehead atoms. The third-order valence-corrected chi connectivity index (χ3v) is 5.25. The van der Waals surface area contributed by atoms with Crippen molar-refractivity contribution >= 4 is 34.7 Å². The number of thioether (sulfide) groups is 1. The van der Waals surface area contributed by atoms with Crippen molar-refractivity contribution in [3.63, 3.8) is 0 Å². The van der Waals surface area contributed by atoms with E-state index >= 15 is 0 Å². The van der Waals surface area contributed by atoms with Gasteiger partial charge < -0.3 is 5.32 Å². The van der Waals surface area contributed by atoms with Crippen molar-refractivity contribution in [1.29, 1.82) is 0 Å². The zero-order valence-electron chi connectivity index (χ0n) is 11.9. The zero-order chi connectivity index (χ0) is 14.4. The van der Waals surface area contributed by atoms with Gasteiger partial charge in [-0.2, -0.15) is 0 Å². The topological polar surface area (TPSA) is 12.0 Å². The molecule has 0 aliphatic carbocycles. The smallest absolute Gasteiger partial charge is 0.0931 e. The van der Waals surface area contributed by atoms with Crippen LogP contribution in [-0.4, -0.2) is 12.8 Å². The van der Waals surface area contributed by atoms with Gasteiger partial charge in [-0.15, -0.1) is 23.1 Å². The van der Waals surface area contributed by atoms with Gasteiger partial charge in [0.1, 0.15) is 0 Å². The van der Waals surface area contributed by atoms with E-state index in [4.69, 9.17) is 11.6 Å². The molecule has 0 radical (unpaired) electrons. The van der Waals surface area contributed by atoms with Crippen LogP contribution < -0.4 is 5.32 Å². The Labute approximate surface area is 134 Å². The van der Waals surface area contributed by atoms with E-state index in [-0.39, 0.29) is 0 Å². The van der Waals surface area contributed by atoms with Crippen LogP contribution in [0.25, 0.3) is 0 Å². The summed E-state index contributed by atoms with van der Waals surface area (Å²) in [7, 11) is 0. The number of hydrogen-bond donors (Lipinski definition) is 1. The first kappa shape index (κ1) is 15.9. The van der Waals surface area contributed by atoms with E-state index in [1.165, 1.54) is 15.3 Å². The van der Waals surface area contributed by atoms with Crippen LogP contribution in [0, 0.1) is 0 Å². The van der Waals surface area contributed by atoms with E-state index in [2.05, 4.69) is 48.8 Å². The van der Waals surface area contributed by atoms with Gasteiger partial charge in [0.2, 0.25) is 0 Å². The van der Waals surface area contributed by atoms with Crippen LogP contribution in [-0.2, 0) is 6.42 Å². The molecular formula is C16H20ClNS2. The van der Waals surface area contributed by atoms with Gasteiger partial charge in [0.15, 0.2) is 0 Å². The van der Waals surface area contributed by atoms with E-state index in [1.807, 2.05) is 17.8 Å². The van der Waals surface area contributed by atoms with E-state index in [9.17, 15) is 0 Å². The second-order valence-electron chi connectivity index (χ2n) is 4.66. The molecule has 0 fully saturated rings. The molecule has 1 heterocycles. The Kier molecular flexibility index (Phi) is 6.43. The van der Waals surface area contributed by atoms with Crippen LogP contribution in [0.4, 0.5) is 0 Å². The predicted octanol–water partition coefficient (Wildman–Crippen LogP) is 5.41. The minimum atomic E-state index is 0.355. The molecule has 108 valence electrons. The summed E-state index contributed by atoms with van der Waals surface area (Å²) in [4.78, 5) is 2.68. The molecule has 0 spiro atoms. The predicted molar refractivity (Wildman–Crippen MR) is 92.3 cm³/mol. The highest BCUT2D eigenvalue weighted by atomic mass is 35.5. The summed E-state index contributed by atoms with van der Waals surface area (Å²) < 4.78 is 0.868. The molecule has 1 unspecified atom stereocenters. The summed E-state index contributed by atoms with van der Waals surface area (Å²) in [6.07, 6.45) is 4.27. The van der Waals surface area contributed by atoms with Crippen LogP contribution in [0.5, 0.6) is 0 Å². The minimum Gasteiger partial charge on any atom is -0.310 e. The van der Waals surface area contributed by atoms with Gasteiger partial charge in [-0.25, -0.2) is 0 Å². The molecule has 2 aromatic rings. The number of nitrogens with one attached hydrogen (secondary N) is 1. The third-order valence-electron chi connectivity index (χ3n) is 3.19. The quantitative estimate of drug-likeness (QED) is 0.683. The lowest BCUT2D eigenvalue weighted by molar-refractivity contribution is 0.526. The normalized spacial score (nSPS) is 12.6. The molecule has 1 nitrogen and oxygen atoms in total. The van der Waals surface area contributed by atoms with Gasteiger partial charge in [0.25, 0.3) is 0 Å². The average Bonchev–Trinajstić information content (AvgIpc) is 2.88. The highest BCUT2D eigenvalue weighted by Gasteiger charge is 2.15. The molecular weight excluding hydrogens is 306 g/mol. The van der Waals surface area contributed by atoms with E-state index < -0.39 is 0 Å². The Bertz CT molecular complexity index is 539. The largest absolute Gasteiger partial charge is 0.310 e. The van der Waals surface area contributed by atoms with Gasteiger partial charge >= 0.3 is 0 Å². The number of benzene rings is 1. The second kappa shape index (κ2) is 8.08. The Balaban J connectivity index is 2.22. The van der Waals surface area contributed by atoms with Crippen molar-refractivity contribution in [2.24, 2.45) is 0 Å². The molecule has 0 saturated carbocycles. The fourth-order valence-corrected chi connectivity index (χ4v) is 4.02. The minimum absolute atomic E-state index is 0.355. The molecule has 2 rings (SSSR count). The van der Waals surface area contributed by atoms with Crippen molar-refractivity contribution in [1.82, 2.24) is 5.32 Å². The second-order valence-corrected chi connectivity index (χ2v) is 7.31. The van der Waals surface area contributed by atoms with Crippen LogP contribution in [0.15, 0.2) is 41.3 Å². The summed E-state index contributed by atoms with van der Waals surface area (Å²) in [6.45, 7) is 3.24. The molecule has 0 saturated heterocycles. The first-order valence-corrected chi connectivity index (χ1v) is 9.27. The summed E-state index contributed by atoms with van der Waals surface area (Å²) in [5.41, 5.74) is 1.39. The first-order valence-electron chi connectivity index (χ1n) is 6.85. The van der Waals surface area contributed by atoms with Crippen LogP contribution in [0.1, 0.15) is 29.8 Å². The van der Waals surface area contributed by atoms with Crippen molar-refractivity contribution in [2.45, 2.75) is 30.7 Å². The Morgan fingerprint density at radius 2 is 2.05 bits per heavy atom. The fraction of sp³-hybridized carbons (Fsp3) is 0.375. The third kappa shape index (κ3) is 4.26. The maximum absolute atomic E-state index is 6.05. The summed E-state index contributed by atoms with van der Waals surface area (Å²) in [5.74, 6) is 0. The number of hydrogen-bond acceptors (Lipinski definition) is 3. The lowest BCUT2D eigenvalue weighted by atomic mass is 10.0.